The molecule has 0 fully saturated rings. The molecule has 0 heterocycles. The van der Waals surface area contributed by atoms with E-state index < -0.39 is 0 Å². The van der Waals surface area contributed by atoms with Crippen molar-refractivity contribution >= 4 is 5.96 Å². The van der Waals surface area contributed by atoms with Crippen LogP contribution in [0.15, 0.2) is 47.5 Å². The highest BCUT2D eigenvalue weighted by atomic mass is 16.5. The molecule has 0 aliphatic carbocycles. The molecule has 0 aliphatic rings. The topological polar surface area (TPSA) is 78.1 Å². The maximum atomic E-state index is 5.96. The Bertz CT molecular complexity index is 732. The van der Waals surface area contributed by atoms with E-state index in [0.29, 0.717) is 25.7 Å². The number of hydrogen-bond donors (Lipinski definition) is 2. The van der Waals surface area contributed by atoms with Crippen molar-refractivity contribution < 1.29 is 14.2 Å². The van der Waals surface area contributed by atoms with Gasteiger partial charge in [-0.3, -0.25) is 0 Å². The standard InChI is InChI=1S/C20H27N3O3/c1-4-26-17-8-6-5-7-16(17)14-23-20(21)22-12-11-15-9-10-18(24-2)19(13-15)25-3/h5-10,13H,4,11-12,14H2,1-3H3,(H3,21,22,23). The first-order chi connectivity index (χ1) is 12.7. The molecule has 6 nitrogen and oxygen atoms in total. The number of ether oxygens (including phenoxy) is 3. The van der Waals surface area contributed by atoms with E-state index in [9.17, 15) is 0 Å². The minimum absolute atomic E-state index is 0.414. The van der Waals surface area contributed by atoms with Crippen molar-refractivity contribution in [1.82, 2.24) is 5.32 Å². The molecule has 0 saturated heterocycles. The number of benzene rings is 2. The van der Waals surface area contributed by atoms with E-state index in [1.54, 1.807) is 14.2 Å². The number of guanidine groups is 1. The highest BCUT2D eigenvalue weighted by molar-refractivity contribution is 5.77. The smallest absolute Gasteiger partial charge is 0.188 e. The molecule has 26 heavy (non-hydrogen) atoms. The molecular formula is C20H27N3O3. The minimum Gasteiger partial charge on any atom is -0.494 e. The summed E-state index contributed by atoms with van der Waals surface area (Å²) in [4.78, 5) is 4.39. The average molecular weight is 357 g/mol. The molecule has 0 amide bonds. The van der Waals surface area contributed by atoms with Crippen LogP contribution in [0.3, 0.4) is 0 Å². The summed E-state index contributed by atoms with van der Waals surface area (Å²) in [6.45, 7) is 3.74. The van der Waals surface area contributed by atoms with Gasteiger partial charge in [0, 0.05) is 12.1 Å². The molecule has 0 bridgehead atoms. The second-order valence-corrected chi connectivity index (χ2v) is 5.61. The number of nitrogens with two attached hydrogens (primary N) is 1. The number of hydrogen-bond acceptors (Lipinski definition) is 4. The Kier molecular flexibility index (Phi) is 7.61. The summed E-state index contributed by atoms with van der Waals surface area (Å²) in [7, 11) is 3.25. The van der Waals surface area contributed by atoms with Crippen molar-refractivity contribution in [2.75, 3.05) is 27.4 Å². The second kappa shape index (κ2) is 10.2. The van der Waals surface area contributed by atoms with Crippen LogP contribution in [0.25, 0.3) is 0 Å². The third-order valence-electron chi connectivity index (χ3n) is 3.86. The lowest BCUT2D eigenvalue weighted by atomic mass is 10.1. The Morgan fingerprint density at radius 1 is 1.04 bits per heavy atom. The van der Waals surface area contributed by atoms with E-state index >= 15 is 0 Å². The Morgan fingerprint density at radius 2 is 1.81 bits per heavy atom. The van der Waals surface area contributed by atoms with Gasteiger partial charge >= 0.3 is 0 Å². The monoisotopic (exact) mass is 357 g/mol. The molecule has 0 saturated carbocycles. The second-order valence-electron chi connectivity index (χ2n) is 5.61. The molecule has 0 unspecified atom stereocenters. The van der Waals surface area contributed by atoms with Gasteiger partial charge in [-0.05, 0) is 37.1 Å². The molecule has 140 valence electrons. The summed E-state index contributed by atoms with van der Waals surface area (Å²) in [5.74, 6) is 2.70. The molecular weight excluding hydrogens is 330 g/mol. The first kappa shape index (κ1) is 19.4. The van der Waals surface area contributed by atoms with Gasteiger partial charge in [-0.1, -0.05) is 24.3 Å². The zero-order chi connectivity index (χ0) is 18.8. The highest BCUT2D eigenvalue weighted by Crippen LogP contribution is 2.27. The summed E-state index contributed by atoms with van der Waals surface area (Å²) in [6.07, 6.45) is 0.798. The fraction of sp³-hybridized carbons (Fsp3) is 0.350. The van der Waals surface area contributed by atoms with Crippen molar-refractivity contribution in [3.8, 4) is 17.2 Å². The molecule has 3 N–H and O–H groups in total. The first-order valence-corrected chi connectivity index (χ1v) is 8.63. The van der Waals surface area contributed by atoms with Crippen LogP contribution in [-0.2, 0) is 13.0 Å². The third kappa shape index (κ3) is 5.58. The van der Waals surface area contributed by atoms with E-state index in [0.717, 1.165) is 34.8 Å². The molecule has 2 rings (SSSR count). The SMILES string of the molecule is CCOc1ccccc1CN=C(N)NCCc1ccc(OC)c(OC)c1. The summed E-state index contributed by atoms with van der Waals surface area (Å²) < 4.78 is 16.2. The van der Waals surface area contributed by atoms with Gasteiger partial charge in [-0.25, -0.2) is 4.99 Å². The fourth-order valence-electron chi connectivity index (χ4n) is 2.53. The number of methoxy groups -OCH3 is 2. The predicted molar refractivity (Wildman–Crippen MR) is 104 cm³/mol. The van der Waals surface area contributed by atoms with Gasteiger partial charge in [-0.15, -0.1) is 0 Å². The van der Waals surface area contributed by atoms with Crippen molar-refractivity contribution in [1.29, 1.82) is 0 Å². The van der Waals surface area contributed by atoms with E-state index in [4.69, 9.17) is 19.9 Å². The van der Waals surface area contributed by atoms with E-state index in [2.05, 4.69) is 10.3 Å². The fourth-order valence-corrected chi connectivity index (χ4v) is 2.53. The Morgan fingerprint density at radius 3 is 2.54 bits per heavy atom. The maximum Gasteiger partial charge on any atom is 0.188 e. The summed E-state index contributed by atoms with van der Waals surface area (Å²) in [6, 6.07) is 13.7. The van der Waals surface area contributed by atoms with Gasteiger partial charge in [0.05, 0.1) is 27.4 Å². The van der Waals surface area contributed by atoms with Gasteiger partial charge < -0.3 is 25.3 Å². The molecule has 6 heteroatoms. The Hall–Kier alpha value is -2.89. The largest absolute Gasteiger partial charge is 0.494 e. The first-order valence-electron chi connectivity index (χ1n) is 8.63. The summed E-state index contributed by atoms with van der Waals surface area (Å²) in [5, 5.41) is 3.13. The minimum atomic E-state index is 0.414. The van der Waals surface area contributed by atoms with Gasteiger partial charge in [0.2, 0.25) is 0 Å². The van der Waals surface area contributed by atoms with Crippen LogP contribution < -0.4 is 25.3 Å². The van der Waals surface area contributed by atoms with Gasteiger partial charge in [0.15, 0.2) is 17.5 Å². The van der Waals surface area contributed by atoms with Crippen molar-refractivity contribution in [3.63, 3.8) is 0 Å². The predicted octanol–water partition coefficient (Wildman–Crippen LogP) is 2.75. The molecule has 0 atom stereocenters. The van der Waals surface area contributed by atoms with Crippen LogP contribution in [-0.4, -0.2) is 33.3 Å². The molecule has 2 aromatic rings. The zero-order valence-electron chi connectivity index (χ0n) is 15.6. The average Bonchev–Trinajstić information content (AvgIpc) is 2.67. The van der Waals surface area contributed by atoms with Gasteiger partial charge in [0.1, 0.15) is 5.75 Å². The normalized spacial score (nSPS) is 11.1. The van der Waals surface area contributed by atoms with Crippen LogP contribution in [0.2, 0.25) is 0 Å². The number of nitrogens with one attached hydrogen (secondary N) is 1. The maximum absolute atomic E-state index is 5.96. The van der Waals surface area contributed by atoms with E-state index in [1.165, 1.54) is 0 Å². The third-order valence-corrected chi connectivity index (χ3v) is 3.86. The quantitative estimate of drug-likeness (QED) is 0.533. The lowest BCUT2D eigenvalue weighted by Gasteiger charge is -2.11. The van der Waals surface area contributed by atoms with Crippen molar-refractivity contribution in [2.24, 2.45) is 10.7 Å². The van der Waals surface area contributed by atoms with E-state index in [1.807, 2.05) is 49.4 Å². The Labute approximate surface area is 155 Å². The van der Waals surface area contributed by atoms with Crippen LogP contribution in [0.4, 0.5) is 0 Å². The molecule has 0 aromatic heterocycles. The zero-order valence-corrected chi connectivity index (χ0v) is 15.6. The molecule has 0 spiro atoms. The number of nitrogens with zero attached hydrogens (tertiary/aromatic N) is 1. The summed E-state index contributed by atoms with van der Waals surface area (Å²) >= 11 is 0. The lowest BCUT2D eigenvalue weighted by Crippen LogP contribution is -2.33. The number of para-hydroxylation sites is 1. The number of aliphatic imine (C=N–C) groups is 1. The molecule has 0 radical (unpaired) electrons. The Balaban J connectivity index is 1.87. The van der Waals surface area contributed by atoms with Crippen LogP contribution >= 0.6 is 0 Å². The molecule has 2 aromatic carbocycles. The van der Waals surface area contributed by atoms with E-state index in [-0.39, 0.29) is 0 Å². The number of rotatable bonds is 9. The van der Waals surface area contributed by atoms with Gasteiger partial charge in [-0.2, -0.15) is 0 Å². The van der Waals surface area contributed by atoms with Crippen molar-refractivity contribution in [3.05, 3.63) is 53.6 Å². The van der Waals surface area contributed by atoms with Crippen LogP contribution in [0.1, 0.15) is 18.1 Å². The lowest BCUT2D eigenvalue weighted by molar-refractivity contribution is 0.336. The van der Waals surface area contributed by atoms with Gasteiger partial charge in [0.25, 0.3) is 0 Å². The highest BCUT2D eigenvalue weighted by Gasteiger charge is 2.05. The summed E-state index contributed by atoms with van der Waals surface area (Å²) in [5.41, 5.74) is 8.11. The van der Waals surface area contributed by atoms with Crippen LogP contribution in [0, 0.1) is 0 Å². The van der Waals surface area contributed by atoms with Crippen LogP contribution in [0.5, 0.6) is 17.2 Å². The molecule has 0 aliphatic heterocycles. The van der Waals surface area contributed by atoms with Crippen molar-refractivity contribution in [2.45, 2.75) is 19.9 Å².